The third-order valence-electron chi connectivity index (χ3n) is 4.11. The van der Waals surface area contributed by atoms with Crippen molar-refractivity contribution >= 4 is 5.78 Å². The largest absolute Gasteiger partial charge is 0.382 e. The predicted molar refractivity (Wildman–Crippen MR) is 50.4 cm³/mol. The molecule has 2 nitrogen and oxygen atoms in total. The molecule has 0 aliphatic heterocycles. The first-order valence-corrected chi connectivity index (χ1v) is 5.34. The number of carbonyl (C=O) groups is 1. The van der Waals surface area contributed by atoms with E-state index in [9.17, 15) is 9.90 Å². The summed E-state index contributed by atoms with van der Waals surface area (Å²) in [6.07, 6.45) is 6.49. The monoisotopic (exact) mass is 182 g/mol. The molecule has 0 saturated heterocycles. The number of hydrogen-bond donors (Lipinski definition) is 1. The van der Waals surface area contributed by atoms with Crippen LogP contribution >= 0.6 is 0 Å². The minimum Gasteiger partial charge on any atom is -0.382 e. The van der Waals surface area contributed by atoms with Crippen molar-refractivity contribution in [2.45, 2.75) is 57.5 Å². The molecule has 0 amide bonds. The molecule has 0 aromatic rings. The topological polar surface area (TPSA) is 37.3 Å². The van der Waals surface area contributed by atoms with E-state index in [1.165, 1.54) is 6.42 Å². The first kappa shape index (κ1) is 9.20. The Morgan fingerprint density at radius 3 is 2.46 bits per heavy atom. The van der Waals surface area contributed by atoms with Crippen LogP contribution in [0, 0.1) is 5.41 Å². The Balaban J connectivity index is 2.32. The summed E-state index contributed by atoms with van der Waals surface area (Å²) in [4.78, 5) is 11.7. The second kappa shape index (κ2) is 2.81. The first-order chi connectivity index (χ1) is 6.08. The lowest BCUT2D eigenvalue weighted by molar-refractivity contribution is -0.168. The van der Waals surface area contributed by atoms with E-state index in [1.807, 2.05) is 0 Å². The summed E-state index contributed by atoms with van der Waals surface area (Å²) in [5, 5.41) is 10.4. The summed E-state index contributed by atoms with van der Waals surface area (Å²) >= 11 is 0. The van der Waals surface area contributed by atoms with E-state index in [1.54, 1.807) is 0 Å². The average molecular weight is 182 g/mol. The van der Waals surface area contributed by atoms with Crippen molar-refractivity contribution in [2.75, 3.05) is 0 Å². The highest BCUT2D eigenvalue weighted by Gasteiger charge is 2.54. The zero-order valence-corrected chi connectivity index (χ0v) is 8.31. The molecule has 2 aliphatic carbocycles. The smallest absolute Gasteiger partial charge is 0.164 e. The van der Waals surface area contributed by atoms with Crippen molar-refractivity contribution in [3.05, 3.63) is 0 Å². The zero-order valence-electron chi connectivity index (χ0n) is 8.31. The number of Topliss-reactive ketones (excluding diaryl/α,β-unsaturated/α-hetero) is 1. The van der Waals surface area contributed by atoms with Gasteiger partial charge in [-0.2, -0.15) is 0 Å². The van der Waals surface area contributed by atoms with Crippen molar-refractivity contribution < 1.29 is 9.90 Å². The van der Waals surface area contributed by atoms with Crippen LogP contribution in [0.2, 0.25) is 0 Å². The molecule has 13 heavy (non-hydrogen) atoms. The summed E-state index contributed by atoms with van der Waals surface area (Å²) in [7, 11) is 0. The van der Waals surface area contributed by atoms with Crippen LogP contribution in [0.15, 0.2) is 0 Å². The first-order valence-electron chi connectivity index (χ1n) is 5.34. The molecule has 2 atom stereocenters. The van der Waals surface area contributed by atoms with Crippen LogP contribution in [0.1, 0.15) is 51.9 Å². The molecule has 0 unspecified atom stereocenters. The number of hydrogen-bond acceptors (Lipinski definition) is 2. The number of carbonyl (C=O) groups excluding carboxylic acids is 1. The molecule has 0 radical (unpaired) electrons. The second-order valence-corrected chi connectivity index (χ2v) is 4.90. The van der Waals surface area contributed by atoms with Gasteiger partial charge in [0.05, 0.1) is 0 Å². The number of fused-ring (bicyclic) bond motifs is 1. The minimum absolute atomic E-state index is 0.0981. The molecule has 2 heteroatoms. The highest BCUT2D eigenvalue weighted by Crippen LogP contribution is 2.51. The van der Waals surface area contributed by atoms with Crippen molar-refractivity contribution in [1.82, 2.24) is 0 Å². The SMILES string of the molecule is C[C@@]12CCCC[C@]1(O)C(=O)CCC2. The maximum Gasteiger partial charge on any atom is 0.164 e. The van der Waals surface area contributed by atoms with Gasteiger partial charge in [0, 0.05) is 11.8 Å². The molecular formula is C11H18O2. The minimum atomic E-state index is -0.969. The molecule has 2 saturated carbocycles. The van der Waals surface area contributed by atoms with Crippen LogP contribution in [-0.2, 0) is 4.79 Å². The Bertz CT molecular complexity index is 232. The summed E-state index contributed by atoms with van der Waals surface area (Å²) in [6.45, 7) is 2.09. The highest BCUT2D eigenvalue weighted by atomic mass is 16.3. The fraction of sp³-hybridized carbons (Fsp3) is 0.909. The van der Waals surface area contributed by atoms with Crippen LogP contribution in [0.4, 0.5) is 0 Å². The lowest BCUT2D eigenvalue weighted by Crippen LogP contribution is -2.56. The van der Waals surface area contributed by atoms with Gasteiger partial charge in [-0.1, -0.05) is 19.8 Å². The predicted octanol–water partition coefficient (Wildman–Crippen LogP) is 2.05. The molecule has 0 aromatic heterocycles. The molecule has 2 fully saturated rings. The van der Waals surface area contributed by atoms with Gasteiger partial charge in [-0.3, -0.25) is 4.79 Å². The number of aliphatic hydroxyl groups is 1. The third-order valence-corrected chi connectivity index (χ3v) is 4.11. The standard InChI is InChI=1S/C11H18O2/c1-10-6-2-3-8-11(10,13)9(12)5-4-7-10/h13H,2-8H2,1H3/t10-,11-/m0/s1. The van der Waals surface area contributed by atoms with E-state index >= 15 is 0 Å². The van der Waals surface area contributed by atoms with Crippen molar-refractivity contribution in [1.29, 1.82) is 0 Å². The van der Waals surface area contributed by atoms with E-state index in [-0.39, 0.29) is 11.2 Å². The van der Waals surface area contributed by atoms with E-state index in [0.29, 0.717) is 12.8 Å². The summed E-state index contributed by atoms with van der Waals surface area (Å²) in [6, 6.07) is 0. The van der Waals surface area contributed by atoms with Crippen LogP contribution < -0.4 is 0 Å². The van der Waals surface area contributed by atoms with Crippen LogP contribution in [-0.4, -0.2) is 16.5 Å². The Morgan fingerprint density at radius 2 is 1.77 bits per heavy atom. The molecule has 2 rings (SSSR count). The van der Waals surface area contributed by atoms with Crippen molar-refractivity contribution in [2.24, 2.45) is 5.41 Å². The van der Waals surface area contributed by atoms with E-state index in [2.05, 4.69) is 6.92 Å². The Hall–Kier alpha value is -0.370. The lowest BCUT2D eigenvalue weighted by Gasteiger charge is -2.50. The molecule has 0 heterocycles. The van der Waals surface area contributed by atoms with Gasteiger partial charge in [0.15, 0.2) is 5.78 Å². The van der Waals surface area contributed by atoms with Crippen LogP contribution in [0.25, 0.3) is 0 Å². The fourth-order valence-electron chi connectivity index (χ4n) is 3.06. The van der Waals surface area contributed by atoms with Crippen molar-refractivity contribution in [3.8, 4) is 0 Å². The lowest BCUT2D eigenvalue weighted by atomic mass is 9.57. The highest BCUT2D eigenvalue weighted by molar-refractivity contribution is 5.88. The Kier molecular flexibility index (Phi) is 1.99. The maximum absolute atomic E-state index is 11.7. The molecule has 0 spiro atoms. The second-order valence-electron chi connectivity index (χ2n) is 4.90. The van der Waals surface area contributed by atoms with E-state index < -0.39 is 5.60 Å². The maximum atomic E-state index is 11.7. The van der Waals surface area contributed by atoms with Gasteiger partial charge >= 0.3 is 0 Å². The fourth-order valence-corrected chi connectivity index (χ4v) is 3.06. The van der Waals surface area contributed by atoms with E-state index in [4.69, 9.17) is 0 Å². The molecule has 1 N–H and O–H groups in total. The van der Waals surface area contributed by atoms with Crippen LogP contribution in [0.5, 0.6) is 0 Å². The molecule has 2 aliphatic rings. The van der Waals surface area contributed by atoms with Gasteiger partial charge in [0.2, 0.25) is 0 Å². The summed E-state index contributed by atoms with van der Waals surface area (Å²) in [5.74, 6) is 0.0981. The van der Waals surface area contributed by atoms with Gasteiger partial charge in [-0.25, -0.2) is 0 Å². The van der Waals surface area contributed by atoms with Gasteiger partial charge in [0.25, 0.3) is 0 Å². The van der Waals surface area contributed by atoms with Gasteiger partial charge in [0.1, 0.15) is 5.60 Å². The third kappa shape index (κ3) is 1.15. The number of rotatable bonds is 0. The van der Waals surface area contributed by atoms with Crippen molar-refractivity contribution in [3.63, 3.8) is 0 Å². The van der Waals surface area contributed by atoms with Crippen LogP contribution in [0.3, 0.4) is 0 Å². The quantitative estimate of drug-likeness (QED) is 0.622. The summed E-state index contributed by atoms with van der Waals surface area (Å²) < 4.78 is 0. The Labute approximate surface area is 79.3 Å². The van der Waals surface area contributed by atoms with E-state index in [0.717, 1.165) is 25.7 Å². The number of ketones is 1. The summed E-state index contributed by atoms with van der Waals surface area (Å²) in [5.41, 5.74) is -1.08. The normalized spacial score (nSPS) is 45.8. The molecular weight excluding hydrogens is 164 g/mol. The Morgan fingerprint density at radius 1 is 1.15 bits per heavy atom. The molecule has 0 aromatic carbocycles. The molecule has 0 bridgehead atoms. The zero-order chi connectivity index (χ0) is 9.53. The molecule has 74 valence electrons. The van der Waals surface area contributed by atoms with Gasteiger partial charge in [-0.15, -0.1) is 0 Å². The van der Waals surface area contributed by atoms with Gasteiger partial charge in [-0.05, 0) is 25.7 Å². The van der Waals surface area contributed by atoms with Gasteiger partial charge < -0.3 is 5.11 Å². The average Bonchev–Trinajstić information content (AvgIpc) is 2.09.